The van der Waals surface area contributed by atoms with Crippen LogP contribution in [0.1, 0.15) is 0 Å². The molecule has 23 heavy (non-hydrogen) atoms. The van der Waals surface area contributed by atoms with Crippen molar-refractivity contribution in [3.8, 4) is 0 Å². The number of hydrogen-bond acceptors (Lipinski definition) is 0. The van der Waals surface area contributed by atoms with Gasteiger partial charge in [0.25, 0.3) is 0 Å². The zero-order valence-electron chi connectivity index (χ0n) is 9.58. The minimum absolute atomic E-state index is 7.46. The van der Waals surface area contributed by atoms with Crippen LogP contribution in [0.2, 0.25) is 0 Å². The van der Waals surface area contributed by atoms with Gasteiger partial charge < -0.3 is 0 Å². The van der Waals surface area contributed by atoms with Crippen molar-refractivity contribution in [3.63, 3.8) is 0 Å². The molecule has 0 unspecified atom stereocenters. The lowest BCUT2D eigenvalue weighted by atomic mass is 9.87. The first-order valence-electron chi connectivity index (χ1n) is 4.54. The molecular weight excluding hydrogens is 385 g/mol. The standard InChI is InChI=1S/C7F15O/c8-1(5(15,16)17,6(18,19)20)2(9,10)3(11,12)4(13,14)7(21,22)23. The summed E-state index contributed by atoms with van der Waals surface area (Å²) in [7, 11) is 0. The van der Waals surface area contributed by atoms with Gasteiger partial charge in [0, 0.05) is 0 Å². The van der Waals surface area contributed by atoms with Crippen molar-refractivity contribution >= 4 is 0 Å². The summed E-state index contributed by atoms with van der Waals surface area (Å²) in [5, 5.41) is 9.46. The fourth-order valence-electron chi connectivity index (χ4n) is 1.11. The summed E-state index contributed by atoms with van der Waals surface area (Å²) < 4.78 is 183. The summed E-state index contributed by atoms with van der Waals surface area (Å²) in [5.41, 5.74) is -8.36. The van der Waals surface area contributed by atoms with Gasteiger partial charge in [-0.25, -0.2) is 4.39 Å². The van der Waals surface area contributed by atoms with E-state index in [2.05, 4.69) is 0 Å². The van der Waals surface area contributed by atoms with E-state index in [0.717, 1.165) is 0 Å². The molecule has 0 aromatic rings. The van der Waals surface area contributed by atoms with Gasteiger partial charge in [0.1, 0.15) is 0 Å². The van der Waals surface area contributed by atoms with Gasteiger partial charge in [-0.3, -0.25) is 0 Å². The number of rotatable bonds is 4. The van der Waals surface area contributed by atoms with E-state index in [1.165, 1.54) is 0 Å². The highest BCUT2D eigenvalue weighted by Gasteiger charge is 2.95. The smallest absolute Gasteiger partial charge is 0.216 e. The molecule has 0 aromatic carbocycles. The van der Waals surface area contributed by atoms with Crippen LogP contribution in [0.5, 0.6) is 0 Å². The zero-order valence-corrected chi connectivity index (χ0v) is 9.58. The van der Waals surface area contributed by atoms with Gasteiger partial charge >= 0.3 is 41.9 Å². The molecule has 0 saturated carbocycles. The summed E-state index contributed by atoms with van der Waals surface area (Å²) in [6, 6.07) is 0. The third kappa shape index (κ3) is 2.67. The van der Waals surface area contributed by atoms with E-state index in [0.29, 0.717) is 0 Å². The Morgan fingerprint density at radius 3 is 0.826 bits per heavy atom. The van der Waals surface area contributed by atoms with E-state index in [1.807, 2.05) is 0 Å². The van der Waals surface area contributed by atoms with Crippen molar-refractivity contribution < 1.29 is 71.0 Å². The van der Waals surface area contributed by atoms with E-state index >= 15 is 0 Å². The van der Waals surface area contributed by atoms with Crippen LogP contribution in [0.4, 0.5) is 65.9 Å². The molecule has 0 aromatic heterocycles. The summed E-state index contributed by atoms with van der Waals surface area (Å²) in [4.78, 5) is 0. The van der Waals surface area contributed by atoms with E-state index in [1.54, 1.807) is 0 Å². The first-order valence-corrected chi connectivity index (χ1v) is 4.54. The van der Waals surface area contributed by atoms with Gasteiger partial charge in [-0.2, -0.15) is 66.6 Å². The molecule has 16 heteroatoms. The lowest BCUT2D eigenvalue weighted by molar-refractivity contribution is -0.478. The van der Waals surface area contributed by atoms with Crippen molar-refractivity contribution in [2.45, 2.75) is 41.9 Å². The van der Waals surface area contributed by atoms with Crippen molar-refractivity contribution in [2.75, 3.05) is 0 Å². The van der Waals surface area contributed by atoms with E-state index in [-0.39, 0.29) is 0 Å². The Kier molecular flexibility index (Phi) is 4.72. The molecule has 0 saturated heterocycles. The summed E-state index contributed by atoms with van der Waals surface area (Å²) in [5.74, 6) is -24.9. The molecule has 0 atom stereocenters. The monoisotopic (exact) mass is 385 g/mol. The van der Waals surface area contributed by atoms with Crippen LogP contribution in [0.15, 0.2) is 0 Å². The zero-order chi connectivity index (χ0) is 19.5. The topological polar surface area (TPSA) is 19.9 Å². The van der Waals surface area contributed by atoms with Gasteiger partial charge in [-0.05, 0) is 0 Å². The average molecular weight is 385 g/mol. The second-order valence-electron chi connectivity index (χ2n) is 3.89. The van der Waals surface area contributed by atoms with Gasteiger partial charge in [0.05, 0.1) is 0 Å². The quantitative estimate of drug-likeness (QED) is 0.623. The van der Waals surface area contributed by atoms with Crippen molar-refractivity contribution in [1.29, 1.82) is 0 Å². The van der Waals surface area contributed by atoms with Gasteiger partial charge in [0.15, 0.2) is 0 Å². The van der Waals surface area contributed by atoms with Crippen LogP contribution in [0, 0.1) is 0 Å². The highest BCUT2D eigenvalue weighted by Crippen LogP contribution is 2.63. The molecule has 139 valence electrons. The normalized spacial score (nSPS) is 16.7. The van der Waals surface area contributed by atoms with Crippen molar-refractivity contribution in [3.05, 3.63) is 0 Å². The van der Waals surface area contributed by atoms with E-state index < -0.39 is 41.9 Å². The Labute approximate surface area is 114 Å². The van der Waals surface area contributed by atoms with Crippen LogP contribution in [-0.2, 0) is 5.11 Å². The predicted molar refractivity (Wildman–Crippen MR) is 36.4 cm³/mol. The Balaban J connectivity index is 6.65. The maximum absolute atomic E-state index is 12.8. The Morgan fingerprint density at radius 1 is 0.391 bits per heavy atom. The van der Waals surface area contributed by atoms with Crippen LogP contribution < -0.4 is 0 Å². The van der Waals surface area contributed by atoms with Crippen LogP contribution >= 0.6 is 0 Å². The molecule has 0 aliphatic carbocycles. The van der Waals surface area contributed by atoms with E-state index in [4.69, 9.17) is 0 Å². The minimum Gasteiger partial charge on any atom is -0.216 e. The Hall–Kier alpha value is -1.09. The molecule has 0 amide bonds. The first-order chi connectivity index (χ1) is 9.50. The summed E-state index contributed by atoms with van der Waals surface area (Å²) in [6.07, 6.45) is -23.4. The molecule has 0 rings (SSSR count). The predicted octanol–water partition coefficient (Wildman–Crippen LogP) is 4.75. The molecule has 0 N–H and O–H groups in total. The molecule has 1 nitrogen and oxygen atoms in total. The lowest BCUT2D eigenvalue weighted by Gasteiger charge is -2.41. The SMILES string of the molecule is [O]C(F)(F)C(F)(F)C(F)(F)C(F)(F)C(F)(C(F)(F)F)C(F)(F)F. The molecular formula is C7F15O. The highest BCUT2D eigenvalue weighted by molar-refractivity contribution is 5.15. The molecule has 0 aliphatic heterocycles. The number of alkyl halides is 15. The fourth-order valence-corrected chi connectivity index (χ4v) is 1.11. The molecule has 0 heterocycles. The summed E-state index contributed by atoms with van der Waals surface area (Å²) in [6.45, 7) is 0. The van der Waals surface area contributed by atoms with E-state index in [9.17, 15) is 71.0 Å². The van der Waals surface area contributed by atoms with Gasteiger partial charge in [0.2, 0.25) is 0 Å². The second-order valence-corrected chi connectivity index (χ2v) is 3.89. The molecule has 0 bridgehead atoms. The van der Waals surface area contributed by atoms with Gasteiger partial charge in [-0.1, -0.05) is 0 Å². The highest BCUT2D eigenvalue weighted by atomic mass is 19.4. The minimum atomic E-state index is -8.52. The van der Waals surface area contributed by atoms with Crippen LogP contribution in [0.25, 0.3) is 0 Å². The van der Waals surface area contributed by atoms with Crippen LogP contribution in [0.3, 0.4) is 0 Å². The third-order valence-electron chi connectivity index (χ3n) is 2.37. The third-order valence-corrected chi connectivity index (χ3v) is 2.37. The van der Waals surface area contributed by atoms with Crippen LogP contribution in [-0.4, -0.2) is 41.9 Å². The second kappa shape index (κ2) is 4.95. The molecule has 0 aliphatic rings. The van der Waals surface area contributed by atoms with Crippen molar-refractivity contribution in [2.24, 2.45) is 0 Å². The Bertz CT molecular complexity index is 422. The molecule has 0 fully saturated rings. The molecule has 0 spiro atoms. The Morgan fingerprint density at radius 2 is 0.652 bits per heavy atom. The summed E-state index contributed by atoms with van der Waals surface area (Å²) >= 11 is 0. The first kappa shape index (κ1) is 21.9. The van der Waals surface area contributed by atoms with Gasteiger partial charge in [-0.15, -0.1) is 0 Å². The number of hydrogen-bond donors (Lipinski definition) is 0. The average Bonchev–Trinajstić information content (AvgIpc) is 2.22. The lowest BCUT2D eigenvalue weighted by Crippen LogP contribution is -2.75. The largest absolute Gasteiger partial charge is 0.452 e. The maximum atomic E-state index is 12.8. The maximum Gasteiger partial charge on any atom is 0.452 e. The fraction of sp³-hybridized carbons (Fsp3) is 1.00. The molecule has 1 radical (unpaired) electrons. The van der Waals surface area contributed by atoms with Crippen molar-refractivity contribution in [1.82, 2.24) is 0 Å². The number of halogens is 15.